The zero-order chi connectivity index (χ0) is 24.2. The first-order chi connectivity index (χ1) is 15.6. The molecule has 0 fully saturated rings. The van der Waals surface area contributed by atoms with Gasteiger partial charge in [0.05, 0.1) is 17.6 Å². The summed E-state index contributed by atoms with van der Waals surface area (Å²) in [6.07, 6.45) is -4.43. The van der Waals surface area contributed by atoms with Crippen LogP contribution >= 0.6 is 0 Å². The number of benzene rings is 2. The van der Waals surface area contributed by atoms with Gasteiger partial charge in [-0.3, -0.25) is 9.59 Å². The number of hydrogen-bond donors (Lipinski definition) is 1. The highest BCUT2D eigenvalue weighted by Crippen LogP contribution is 2.38. The molecule has 0 unspecified atom stereocenters. The van der Waals surface area contributed by atoms with Crippen LogP contribution in [0.5, 0.6) is 17.2 Å². The molecular formula is C22H18F3NO7. The fourth-order valence-corrected chi connectivity index (χ4v) is 2.73. The van der Waals surface area contributed by atoms with Crippen molar-refractivity contribution in [2.75, 3.05) is 13.2 Å². The zero-order valence-corrected chi connectivity index (χ0v) is 17.2. The van der Waals surface area contributed by atoms with Gasteiger partial charge < -0.3 is 24.4 Å². The Balaban J connectivity index is 1.98. The van der Waals surface area contributed by atoms with Crippen molar-refractivity contribution in [1.82, 2.24) is 0 Å². The van der Waals surface area contributed by atoms with Crippen molar-refractivity contribution in [2.24, 2.45) is 5.73 Å². The fourth-order valence-electron chi connectivity index (χ4n) is 2.73. The molecule has 2 N–H and O–H groups in total. The normalized spacial score (nSPS) is 11.3. The van der Waals surface area contributed by atoms with E-state index < -0.39 is 47.2 Å². The highest BCUT2D eigenvalue weighted by molar-refractivity contribution is 5.89. The number of carbonyl (C=O) groups is 2. The van der Waals surface area contributed by atoms with Crippen LogP contribution in [0.3, 0.4) is 0 Å². The number of fused-ring (bicyclic) bond motifs is 1. The highest BCUT2D eigenvalue weighted by Gasteiger charge is 2.40. The Labute approximate surface area is 184 Å². The lowest BCUT2D eigenvalue weighted by molar-refractivity contribution is -0.154. The zero-order valence-electron chi connectivity index (χ0n) is 17.2. The van der Waals surface area contributed by atoms with Gasteiger partial charge in [0.15, 0.2) is 6.61 Å². The van der Waals surface area contributed by atoms with Crippen molar-refractivity contribution in [1.29, 1.82) is 0 Å². The van der Waals surface area contributed by atoms with Crippen LogP contribution in [0.4, 0.5) is 13.2 Å². The summed E-state index contributed by atoms with van der Waals surface area (Å²) < 4.78 is 61.1. The van der Waals surface area contributed by atoms with E-state index in [2.05, 4.69) is 0 Å². The molecule has 3 aromatic rings. The van der Waals surface area contributed by atoms with Crippen LogP contribution in [0.25, 0.3) is 11.0 Å². The quantitative estimate of drug-likeness (QED) is 0.499. The molecule has 0 aliphatic carbocycles. The van der Waals surface area contributed by atoms with E-state index in [1.807, 2.05) is 6.92 Å². The predicted octanol–water partition coefficient (Wildman–Crippen LogP) is 4.04. The summed E-state index contributed by atoms with van der Waals surface area (Å²) >= 11 is 0. The van der Waals surface area contributed by atoms with Crippen molar-refractivity contribution in [3.05, 3.63) is 64.0 Å². The summed E-state index contributed by atoms with van der Waals surface area (Å²) in [6, 6.07) is 8.54. The number of carbonyl (C=O) groups excluding carboxylic acids is 2. The Kier molecular flexibility index (Phi) is 6.90. The molecule has 2 aromatic carbocycles. The van der Waals surface area contributed by atoms with Crippen LogP contribution < -0.4 is 20.6 Å². The number of rotatable bonds is 8. The minimum absolute atomic E-state index is 0.0169. The van der Waals surface area contributed by atoms with Gasteiger partial charge in [0, 0.05) is 6.07 Å². The minimum atomic E-state index is -5.06. The minimum Gasteiger partial charge on any atom is -0.484 e. The Bertz CT molecular complexity index is 1230. The molecule has 0 aliphatic heterocycles. The lowest BCUT2D eigenvalue weighted by atomic mass is 10.2. The van der Waals surface area contributed by atoms with Crippen LogP contribution in [-0.4, -0.2) is 25.1 Å². The topological polar surface area (TPSA) is 118 Å². The van der Waals surface area contributed by atoms with E-state index >= 15 is 0 Å². The average Bonchev–Trinajstić information content (AvgIpc) is 2.77. The van der Waals surface area contributed by atoms with Gasteiger partial charge in [0.25, 0.3) is 11.7 Å². The van der Waals surface area contributed by atoms with E-state index in [0.717, 1.165) is 6.07 Å². The Morgan fingerprint density at radius 2 is 1.73 bits per heavy atom. The summed E-state index contributed by atoms with van der Waals surface area (Å²) in [5.74, 6) is -4.25. The first kappa shape index (κ1) is 23.6. The third kappa shape index (κ3) is 5.62. The lowest BCUT2D eigenvalue weighted by Crippen LogP contribution is -2.20. The summed E-state index contributed by atoms with van der Waals surface area (Å²) in [7, 11) is 0. The number of alkyl halides is 3. The van der Waals surface area contributed by atoms with Crippen LogP contribution in [0, 0.1) is 0 Å². The maximum Gasteiger partial charge on any atom is 0.453 e. The summed E-state index contributed by atoms with van der Waals surface area (Å²) in [5.41, 5.74) is 3.64. The fraction of sp³-hybridized carbons (Fsp3) is 0.227. The summed E-state index contributed by atoms with van der Waals surface area (Å²) in [4.78, 5) is 35.5. The number of halogens is 3. The average molecular weight is 465 g/mol. The molecule has 11 heteroatoms. The standard InChI is InChI=1S/C22H18F3NO7/c1-2-9-30-21(29)12-3-5-13(6-4-12)32-19-18(28)15-8-7-14(31-11-17(26)27)10-16(15)33-20(19)22(23,24)25/h3-8,10H,2,9,11H2,1H3,(H2,26,27). The van der Waals surface area contributed by atoms with E-state index in [1.54, 1.807) is 0 Å². The molecule has 174 valence electrons. The summed E-state index contributed by atoms with van der Waals surface area (Å²) in [6.45, 7) is 1.54. The monoisotopic (exact) mass is 465 g/mol. The molecule has 0 bridgehead atoms. The maximum absolute atomic E-state index is 13.6. The first-order valence-electron chi connectivity index (χ1n) is 9.64. The molecule has 0 atom stereocenters. The van der Waals surface area contributed by atoms with Gasteiger partial charge in [0.2, 0.25) is 11.2 Å². The summed E-state index contributed by atoms with van der Waals surface area (Å²) in [5, 5.41) is -0.204. The van der Waals surface area contributed by atoms with Gasteiger partial charge in [-0.25, -0.2) is 4.79 Å². The third-order valence-electron chi connectivity index (χ3n) is 4.21. The maximum atomic E-state index is 13.6. The Morgan fingerprint density at radius 1 is 1.06 bits per heavy atom. The van der Waals surface area contributed by atoms with Crippen molar-refractivity contribution >= 4 is 22.8 Å². The van der Waals surface area contributed by atoms with Gasteiger partial charge in [-0.1, -0.05) is 6.92 Å². The highest BCUT2D eigenvalue weighted by atomic mass is 19.4. The van der Waals surface area contributed by atoms with Crippen LogP contribution in [0.1, 0.15) is 29.5 Å². The molecule has 1 aromatic heterocycles. The number of ether oxygens (including phenoxy) is 3. The molecule has 0 aliphatic rings. The third-order valence-corrected chi connectivity index (χ3v) is 4.21. The Hall–Kier alpha value is -4.02. The number of amides is 1. The molecule has 3 rings (SSSR count). The first-order valence-corrected chi connectivity index (χ1v) is 9.64. The molecule has 1 amide bonds. The molecule has 0 saturated heterocycles. The van der Waals surface area contributed by atoms with Gasteiger partial charge >= 0.3 is 12.1 Å². The lowest BCUT2D eigenvalue weighted by Gasteiger charge is -2.14. The molecular weight excluding hydrogens is 447 g/mol. The molecule has 1 heterocycles. The van der Waals surface area contributed by atoms with Crippen LogP contribution in [0.15, 0.2) is 51.7 Å². The van der Waals surface area contributed by atoms with Gasteiger partial charge in [-0.05, 0) is 42.8 Å². The molecule has 33 heavy (non-hydrogen) atoms. The number of esters is 1. The van der Waals surface area contributed by atoms with Crippen LogP contribution in [0.2, 0.25) is 0 Å². The van der Waals surface area contributed by atoms with E-state index in [1.165, 1.54) is 36.4 Å². The molecule has 0 spiro atoms. The SMILES string of the molecule is CCCOC(=O)c1ccc(Oc2c(C(F)(F)F)oc3cc(OCC(N)=O)ccc3c2=O)cc1. The number of nitrogens with two attached hydrogens (primary N) is 1. The number of primary amides is 1. The predicted molar refractivity (Wildman–Crippen MR) is 109 cm³/mol. The van der Waals surface area contributed by atoms with Crippen LogP contribution in [-0.2, 0) is 15.7 Å². The van der Waals surface area contributed by atoms with Crippen molar-refractivity contribution in [3.63, 3.8) is 0 Å². The van der Waals surface area contributed by atoms with Crippen molar-refractivity contribution in [3.8, 4) is 17.2 Å². The van der Waals surface area contributed by atoms with Crippen molar-refractivity contribution < 1.29 is 41.4 Å². The second-order valence-electron chi connectivity index (χ2n) is 6.76. The van der Waals surface area contributed by atoms with Crippen molar-refractivity contribution in [2.45, 2.75) is 19.5 Å². The second-order valence-corrected chi connectivity index (χ2v) is 6.76. The van der Waals surface area contributed by atoms with E-state index in [4.69, 9.17) is 24.4 Å². The van der Waals surface area contributed by atoms with Gasteiger partial charge in [-0.2, -0.15) is 13.2 Å². The van der Waals surface area contributed by atoms with E-state index in [-0.39, 0.29) is 29.1 Å². The van der Waals surface area contributed by atoms with E-state index in [9.17, 15) is 27.6 Å². The van der Waals surface area contributed by atoms with Gasteiger partial charge in [0.1, 0.15) is 17.1 Å². The Morgan fingerprint density at radius 3 is 2.33 bits per heavy atom. The largest absolute Gasteiger partial charge is 0.484 e. The number of hydrogen-bond acceptors (Lipinski definition) is 7. The second kappa shape index (κ2) is 9.63. The van der Waals surface area contributed by atoms with Gasteiger partial charge in [-0.15, -0.1) is 0 Å². The smallest absolute Gasteiger partial charge is 0.453 e. The molecule has 0 radical (unpaired) electrons. The van der Waals surface area contributed by atoms with E-state index in [0.29, 0.717) is 6.42 Å². The molecule has 0 saturated carbocycles. The molecule has 8 nitrogen and oxygen atoms in total.